The first-order valence-electron chi connectivity index (χ1n) is 4.72. The Morgan fingerprint density at radius 2 is 1.94 bits per heavy atom. The lowest BCUT2D eigenvalue weighted by Crippen LogP contribution is -2.16. The number of aromatic carboxylic acids is 1. The number of benzene rings is 1. The van der Waals surface area contributed by atoms with Gasteiger partial charge in [-0.25, -0.2) is 9.59 Å². The minimum Gasteiger partial charge on any atom is -0.478 e. The van der Waals surface area contributed by atoms with Crippen LogP contribution in [0.25, 0.3) is 0 Å². The maximum Gasteiger partial charge on any atom is 0.339 e. The first kappa shape index (κ1) is 12.0. The number of ether oxygens (including phenoxy) is 1. The van der Waals surface area contributed by atoms with Crippen LogP contribution in [0.15, 0.2) is 36.9 Å². The number of carboxylic acid groups (broad SMARTS) is 1. The van der Waals surface area contributed by atoms with Gasteiger partial charge in [0.2, 0.25) is 0 Å². The zero-order valence-corrected chi connectivity index (χ0v) is 8.84. The molecule has 0 aromatic heterocycles. The first-order valence-corrected chi connectivity index (χ1v) is 4.72. The van der Waals surface area contributed by atoms with Gasteiger partial charge in [-0.2, -0.15) is 0 Å². The van der Waals surface area contributed by atoms with Crippen LogP contribution in [0.2, 0.25) is 0 Å². The number of esters is 1. The molecule has 0 spiro atoms. The molecule has 84 valence electrons. The molecule has 0 amide bonds. The third-order valence-corrected chi connectivity index (χ3v) is 2.00. The summed E-state index contributed by atoms with van der Waals surface area (Å²) >= 11 is 0. The molecule has 0 aliphatic rings. The molecule has 4 heteroatoms. The summed E-state index contributed by atoms with van der Waals surface area (Å²) in [5, 5.41) is 8.88. The molecule has 4 nitrogen and oxygen atoms in total. The predicted molar refractivity (Wildman–Crippen MR) is 58.5 cm³/mol. The van der Waals surface area contributed by atoms with Crippen molar-refractivity contribution < 1.29 is 19.4 Å². The average Bonchev–Trinajstić information content (AvgIpc) is 2.28. The Hall–Kier alpha value is -2.10. The monoisotopic (exact) mass is 220 g/mol. The maximum absolute atomic E-state index is 11.6. The molecule has 1 rings (SSSR count). The van der Waals surface area contributed by atoms with E-state index in [1.807, 2.05) is 0 Å². The summed E-state index contributed by atoms with van der Waals surface area (Å²) in [4.78, 5) is 22.5. The van der Waals surface area contributed by atoms with Crippen LogP contribution in [0.1, 0.15) is 27.6 Å². The Kier molecular flexibility index (Phi) is 3.83. The van der Waals surface area contributed by atoms with Gasteiger partial charge in [-0.05, 0) is 19.1 Å². The van der Waals surface area contributed by atoms with Crippen LogP contribution >= 0.6 is 0 Å². The number of carbonyl (C=O) groups is 2. The average molecular weight is 220 g/mol. The van der Waals surface area contributed by atoms with E-state index in [0.717, 1.165) is 0 Å². The molecule has 0 saturated carbocycles. The number of hydrogen-bond acceptors (Lipinski definition) is 3. The van der Waals surface area contributed by atoms with Crippen molar-refractivity contribution in [1.82, 2.24) is 0 Å². The zero-order valence-electron chi connectivity index (χ0n) is 8.84. The van der Waals surface area contributed by atoms with E-state index < -0.39 is 18.0 Å². The van der Waals surface area contributed by atoms with E-state index in [1.165, 1.54) is 18.2 Å². The van der Waals surface area contributed by atoms with Crippen LogP contribution in [-0.2, 0) is 4.74 Å². The quantitative estimate of drug-likeness (QED) is 0.623. The molecule has 0 unspecified atom stereocenters. The fourth-order valence-electron chi connectivity index (χ4n) is 1.13. The Balaban J connectivity index is 2.99. The lowest BCUT2D eigenvalue weighted by molar-refractivity contribution is 0.0417. The van der Waals surface area contributed by atoms with Crippen molar-refractivity contribution >= 4 is 11.9 Å². The SMILES string of the molecule is C=C[C@H](C)OC(=O)c1ccccc1C(=O)O. The molecule has 1 aromatic carbocycles. The van der Waals surface area contributed by atoms with Gasteiger partial charge in [-0.1, -0.05) is 24.8 Å². The van der Waals surface area contributed by atoms with Crippen LogP contribution in [0.5, 0.6) is 0 Å². The Morgan fingerprint density at radius 3 is 2.44 bits per heavy atom. The third-order valence-electron chi connectivity index (χ3n) is 2.00. The van der Waals surface area contributed by atoms with E-state index in [2.05, 4.69) is 6.58 Å². The van der Waals surface area contributed by atoms with Gasteiger partial charge in [0.25, 0.3) is 0 Å². The lowest BCUT2D eigenvalue weighted by atomic mass is 10.1. The van der Waals surface area contributed by atoms with Crippen LogP contribution in [0.4, 0.5) is 0 Å². The second kappa shape index (κ2) is 5.11. The van der Waals surface area contributed by atoms with E-state index in [4.69, 9.17) is 9.84 Å². The Labute approximate surface area is 93.2 Å². The molecule has 0 bridgehead atoms. The molecular formula is C12H12O4. The summed E-state index contributed by atoms with van der Waals surface area (Å²) in [6.45, 7) is 5.12. The second-order valence-corrected chi connectivity index (χ2v) is 3.20. The highest BCUT2D eigenvalue weighted by Gasteiger charge is 2.17. The number of carboxylic acids is 1. The molecule has 0 saturated heterocycles. The highest BCUT2D eigenvalue weighted by Crippen LogP contribution is 2.11. The minimum atomic E-state index is -1.15. The Morgan fingerprint density at radius 1 is 1.38 bits per heavy atom. The van der Waals surface area contributed by atoms with Gasteiger partial charge >= 0.3 is 11.9 Å². The van der Waals surface area contributed by atoms with Gasteiger partial charge in [0.05, 0.1) is 11.1 Å². The van der Waals surface area contributed by atoms with Crippen LogP contribution in [0.3, 0.4) is 0 Å². The highest BCUT2D eigenvalue weighted by atomic mass is 16.5. The van der Waals surface area contributed by atoms with Crippen molar-refractivity contribution in [2.75, 3.05) is 0 Å². The predicted octanol–water partition coefficient (Wildman–Crippen LogP) is 2.12. The van der Waals surface area contributed by atoms with Gasteiger partial charge in [0.15, 0.2) is 0 Å². The van der Waals surface area contributed by atoms with Crippen molar-refractivity contribution in [1.29, 1.82) is 0 Å². The van der Waals surface area contributed by atoms with E-state index in [1.54, 1.807) is 19.1 Å². The van der Waals surface area contributed by atoms with Crippen molar-refractivity contribution in [3.05, 3.63) is 48.0 Å². The summed E-state index contributed by atoms with van der Waals surface area (Å²) in [5.74, 6) is -1.82. The van der Waals surface area contributed by atoms with Gasteiger partial charge in [-0.15, -0.1) is 0 Å². The molecule has 0 aliphatic carbocycles. The maximum atomic E-state index is 11.6. The van der Waals surface area contributed by atoms with Gasteiger partial charge in [0.1, 0.15) is 6.10 Å². The molecule has 0 radical (unpaired) electrons. The molecule has 0 fully saturated rings. The van der Waals surface area contributed by atoms with Crippen LogP contribution in [-0.4, -0.2) is 23.1 Å². The van der Waals surface area contributed by atoms with Crippen LogP contribution < -0.4 is 0 Å². The molecule has 1 N–H and O–H groups in total. The zero-order chi connectivity index (χ0) is 12.1. The van der Waals surface area contributed by atoms with Gasteiger partial charge < -0.3 is 9.84 Å². The van der Waals surface area contributed by atoms with Crippen molar-refractivity contribution in [3.63, 3.8) is 0 Å². The smallest absolute Gasteiger partial charge is 0.339 e. The second-order valence-electron chi connectivity index (χ2n) is 3.20. The normalized spacial score (nSPS) is 11.6. The van der Waals surface area contributed by atoms with Crippen molar-refractivity contribution in [2.45, 2.75) is 13.0 Å². The molecule has 0 heterocycles. The molecule has 16 heavy (non-hydrogen) atoms. The fourth-order valence-corrected chi connectivity index (χ4v) is 1.13. The van der Waals surface area contributed by atoms with E-state index in [9.17, 15) is 9.59 Å². The summed E-state index contributed by atoms with van der Waals surface area (Å²) in [6, 6.07) is 5.91. The van der Waals surface area contributed by atoms with Gasteiger partial charge in [0, 0.05) is 0 Å². The largest absolute Gasteiger partial charge is 0.478 e. The van der Waals surface area contributed by atoms with E-state index in [0.29, 0.717) is 0 Å². The minimum absolute atomic E-state index is 0.0451. The van der Waals surface area contributed by atoms with E-state index in [-0.39, 0.29) is 11.1 Å². The van der Waals surface area contributed by atoms with E-state index >= 15 is 0 Å². The lowest BCUT2D eigenvalue weighted by Gasteiger charge is -2.10. The highest BCUT2D eigenvalue weighted by molar-refractivity contribution is 6.02. The molecule has 1 aromatic rings. The number of rotatable bonds is 4. The summed E-state index contributed by atoms with van der Waals surface area (Å²) in [5.41, 5.74) is -0.0209. The molecule has 1 atom stereocenters. The summed E-state index contributed by atoms with van der Waals surface area (Å²) in [6.07, 6.45) is 1.01. The third kappa shape index (κ3) is 2.70. The molecular weight excluding hydrogens is 208 g/mol. The summed E-state index contributed by atoms with van der Waals surface area (Å²) < 4.78 is 4.96. The van der Waals surface area contributed by atoms with Crippen molar-refractivity contribution in [2.24, 2.45) is 0 Å². The summed E-state index contributed by atoms with van der Waals surface area (Å²) in [7, 11) is 0. The standard InChI is InChI=1S/C12H12O4/c1-3-8(2)16-12(15)10-7-5-4-6-9(10)11(13)14/h3-8H,1H2,2H3,(H,13,14)/t8-/m0/s1. The fraction of sp³-hybridized carbons (Fsp3) is 0.167. The number of hydrogen-bond donors (Lipinski definition) is 1. The number of carbonyl (C=O) groups excluding carboxylic acids is 1. The van der Waals surface area contributed by atoms with Crippen LogP contribution in [0, 0.1) is 0 Å². The molecule has 0 aliphatic heterocycles. The van der Waals surface area contributed by atoms with Crippen molar-refractivity contribution in [3.8, 4) is 0 Å². The first-order chi connectivity index (χ1) is 7.56. The topological polar surface area (TPSA) is 63.6 Å². The Bertz CT molecular complexity index is 423. The van der Waals surface area contributed by atoms with Gasteiger partial charge in [-0.3, -0.25) is 0 Å².